The Morgan fingerprint density at radius 2 is 1.87 bits per heavy atom. The van der Waals surface area contributed by atoms with Crippen LogP contribution in [0.5, 0.6) is 0 Å². The first-order valence-electron chi connectivity index (χ1n) is 11.2. The van der Waals surface area contributed by atoms with Gasteiger partial charge in [0.05, 0.1) is 5.52 Å². The number of carbonyl (C=O) groups is 1. The molecule has 0 unspecified atom stereocenters. The molecule has 1 atom stereocenters. The first kappa shape index (κ1) is 19.3. The number of aromatic nitrogens is 4. The van der Waals surface area contributed by atoms with Crippen LogP contribution in [-0.4, -0.2) is 56.1 Å². The number of hydrogen-bond acceptors (Lipinski definition) is 5. The summed E-state index contributed by atoms with van der Waals surface area (Å²) >= 11 is 0. The molecule has 2 aliphatic rings. The van der Waals surface area contributed by atoms with Crippen LogP contribution in [0.3, 0.4) is 0 Å². The van der Waals surface area contributed by atoms with Crippen LogP contribution >= 0.6 is 0 Å². The molecule has 2 aromatic heterocycles. The predicted molar refractivity (Wildman–Crippen MR) is 118 cm³/mol. The van der Waals surface area contributed by atoms with Gasteiger partial charge in [-0.3, -0.25) is 4.79 Å². The number of piperazine rings is 1. The maximum atomic E-state index is 13.0. The quantitative estimate of drug-likeness (QED) is 0.664. The number of para-hydroxylation sites is 1. The van der Waals surface area contributed by atoms with E-state index < -0.39 is 0 Å². The van der Waals surface area contributed by atoms with Crippen molar-refractivity contribution in [2.75, 3.05) is 24.5 Å². The van der Waals surface area contributed by atoms with Gasteiger partial charge in [-0.25, -0.2) is 9.38 Å². The van der Waals surface area contributed by atoms with Crippen LogP contribution < -0.4 is 4.90 Å². The molecule has 158 valence electrons. The summed E-state index contributed by atoms with van der Waals surface area (Å²) in [5.74, 6) is 2.63. The Labute approximate surface area is 177 Å². The smallest absolute Gasteiger partial charge is 0.226 e. The first-order valence-corrected chi connectivity index (χ1v) is 11.2. The highest BCUT2D eigenvalue weighted by Crippen LogP contribution is 2.30. The van der Waals surface area contributed by atoms with Gasteiger partial charge in [0, 0.05) is 42.9 Å². The molecule has 0 bridgehead atoms. The first-order chi connectivity index (χ1) is 14.5. The third-order valence-electron chi connectivity index (χ3n) is 6.67. The number of anilines is 1. The molecule has 3 heterocycles. The molecule has 2 fully saturated rings. The molecule has 1 aliphatic heterocycles. The van der Waals surface area contributed by atoms with Crippen LogP contribution in [0.1, 0.15) is 58.2 Å². The van der Waals surface area contributed by atoms with Gasteiger partial charge >= 0.3 is 0 Å². The van der Waals surface area contributed by atoms with Crippen LogP contribution in [-0.2, 0) is 4.79 Å². The molecular weight excluding hydrogens is 376 g/mol. The lowest BCUT2D eigenvalue weighted by Crippen LogP contribution is -2.55. The number of nitrogens with zero attached hydrogens (tertiary/aromatic N) is 6. The van der Waals surface area contributed by atoms with Crippen molar-refractivity contribution in [3.05, 3.63) is 30.1 Å². The van der Waals surface area contributed by atoms with Crippen molar-refractivity contribution in [1.29, 1.82) is 0 Å². The summed E-state index contributed by atoms with van der Waals surface area (Å²) in [6.07, 6.45) is 4.48. The summed E-state index contributed by atoms with van der Waals surface area (Å²) in [4.78, 5) is 22.4. The van der Waals surface area contributed by atoms with E-state index in [0.29, 0.717) is 5.91 Å². The van der Waals surface area contributed by atoms with Gasteiger partial charge in [0.1, 0.15) is 5.82 Å². The van der Waals surface area contributed by atoms with Gasteiger partial charge in [-0.15, -0.1) is 10.2 Å². The fourth-order valence-corrected chi connectivity index (χ4v) is 5.05. The van der Waals surface area contributed by atoms with E-state index in [-0.39, 0.29) is 17.9 Å². The fourth-order valence-electron chi connectivity index (χ4n) is 5.05. The van der Waals surface area contributed by atoms with Gasteiger partial charge in [-0.1, -0.05) is 38.8 Å². The third kappa shape index (κ3) is 3.11. The molecule has 3 aromatic rings. The van der Waals surface area contributed by atoms with Gasteiger partial charge in [0.25, 0.3) is 0 Å². The second-order valence-electron chi connectivity index (χ2n) is 9.11. The van der Waals surface area contributed by atoms with Gasteiger partial charge < -0.3 is 9.80 Å². The van der Waals surface area contributed by atoms with Crippen molar-refractivity contribution < 1.29 is 4.79 Å². The molecule has 1 aliphatic carbocycles. The largest absolute Gasteiger partial charge is 0.338 e. The van der Waals surface area contributed by atoms with E-state index in [1.807, 2.05) is 18.2 Å². The Balaban J connectivity index is 1.51. The Kier molecular flexibility index (Phi) is 4.83. The monoisotopic (exact) mass is 406 g/mol. The van der Waals surface area contributed by atoms with E-state index in [1.165, 1.54) is 12.8 Å². The van der Waals surface area contributed by atoms with Crippen molar-refractivity contribution >= 4 is 28.4 Å². The molecule has 30 heavy (non-hydrogen) atoms. The lowest BCUT2D eigenvalue weighted by molar-refractivity contribution is -0.137. The van der Waals surface area contributed by atoms with Gasteiger partial charge in [0.15, 0.2) is 5.65 Å². The van der Waals surface area contributed by atoms with E-state index in [2.05, 4.69) is 51.2 Å². The van der Waals surface area contributed by atoms with Crippen LogP contribution in [0, 0.1) is 5.92 Å². The summed E-state index contributed by atoms with van der Waals surface area (Å²) in [5, 5.41) is 10.0. The molecule has 1 aromatic carbocycles. The number of benzene rings is 1. The molecule has 5 rings (SSSR count). The van der Waals surface area contributed by atoms with Crippen molar-refractivity contribution in [3.8, 4) is 0 Å². The predicted octanol–water partition coefficient (Wildman–Crippen LogP) is 3.63. The Hall–Kier alpha value is -2.70. The van der Waals surface area contributed by atoms with Gasteiger partial charge in [-0.2, -0.15) is 0 Å². The third-order valence-corrected chi connectivity index (χ3v) is 6.67. The van der Waals surface area contributed by atoms with Crippen LogP contribution in [0.15, 0.2) is 24.3 Å². The SMILES string of the molecule is CC(C)c1nnc2c3ccccc3nc(N3CCN(C(=O)C4CCCC4)[C@@H](C)C3)n12. The van der Waals surface area contributed by atoms with Crippen molar-refractivity contribution in [1.82, 2.24) is 24.5 Å². The van der Waals surface area contributed by atoms with Crippen LogP contribution in [0.25, 0.3) is 16.6 Å². The lowest BCUT2D eigenvalue weighted by Gasteiger charge is -2.41. The van der Waals surface area contributed by atoms with Crippen molar-refractivity contribution in [2.24, 2.45) is 5.92 Å². The topological polar surface area (TPSA) is 66.6 Å². The number of amides is 1. The highest BCUT2D eigenvalue weighted by atomic mass is 16.2. The van der Waals surface area contributed by atoms with Gasteiger partial charge in [-0.05, 0) is 31.9 Å². The highest BCUT2D eigenvalue weighted by Gasteiger charge is 2.34. The zero-order chi connectivity index (χ0) is 20.8. The second kappa shape index (κ2) is 7.52. The van der Waals surface area contributed by atoms with E-state index in [9.17, 15) is 4.79 Å². The van der Waals surface area contributed by atoms with Crippen molar-refractivity contribution in [2.45, 2.75) is 58.4 Å². The summed E-state index contributed by atoms with van der Waals surface area (Å²) in [6, 6.07) is 8.28. The molecule has 0 radical (unpaired) electrons. The minimum Gasteiger partial charge on any atom is -0.338 e. The number of hydrogen-bond donors (Lipinski definition) is 0. The number of carbonyl (C=O) groups excluding carboxylic acids is 1. The Morgan fingerprint density at radius 1 is 1.10 bits per heavy atom. The van der Waals surface area contributed by atoms with Crippen LogP contribution in [0.4, 0.5) is 5.95 Å². The maximum Gasteiger partial charge on any atom is 0.226 e. The standard InChI is InChI=1S/C23H30N6O/c1-15(2)20-25-26-21-18-10-6-7-11-19(18)24-23(29(20)21)27-12-13-28(16(3)14-27)22(30)17-8-4-5-9-17/h6-7,10-11,15-17H,4-5,8-9,12-14H2,1-3H3/t16-/m0/s1. The summed E-state index contributed by atoms with van der Waals surface area (Å²) in [5.41, 5.74) is 1.79. The molecule has 1 saturated heterocycles. The van der Waals surface area contributed by atoms with E-state index in [1.54, 1.807) is 0 Å². The number of rotatable bonds is 3. The number of fused-ring (bicyclic) bond motifs is 3. The van der Waals surface area contributed by atoms with Crippen molar-refractivity contribution in [3.63, 3.8) is 0 Å². The zero-order valence-corrected chi connectivity index (χ0v) is 18.1. The Morgan fingerprint density at radius 3 is 2.60 bits per heavy atom. The van der Waals surface area contributed by atoms with E-state index in [0.717, 1.165) is 60.8 Å². The molecule has 7 heteroatoms. The van der Waals surface area contributed by atoms with Gasteiger partial charge in [0.2, 0.25) is 11.9 Å². The molecular formula is C23H30N6O. The average Bonchev–Trinajstić information content (AvgIpc) is 3.43. The minimum absolute atomic E-state index is 0.161. The normalized spacial score (nSPS) is 20.7. The average molecular weight is 407 g/mol. The molecule has 0 N–H and O–H groups in total. The second-order valence-corrected chi connectivity index (χ2v) is 9.11. The lowest BCUT2D eigenvalue weighted by atomic mass is 10.0. The van der Waals surface area contributed by atoms with Crippen LogP contribution in [0.2, 0.25) is 0 Å². The Bertz CT molecular complexity index is 1080. The van der Waals surface area contributed by atoms with E-state index >= 15 is 0 Å². The summed E-state index contributed by atoms with van der Waals surface area (Å²) in [7, 11) is 0. The van der Waals surface area contributed by atoms with E-state index in [4.69, 9.17) is 4.98 Å². The molecule has 1 saturated carbocycles. The molecule has 0 spiro atoms. The zero-order valence-electron chi connectivity index (χ0n) is 18.1. The maximum absolute atomic E-state index is 13.0. The molecule has 1 amide bonds. The summed E-state index contributed by atoms with van der Waals surface area (Å²) < 4.78 is 2.12. The highest BCUT2D eigenvalue weighted by molar-refractivity contribution is 5.92. The summed E-state index contributed by atoms with van der Waals surface area (Å²) in [6.45, 7) is 8.72. The minimum atomic E-state index is 0.161. The fraction of sp³-hybridized carbons (Fsp3) is 0.565. The molecule has 7 nitrogen and oxygen atoms in total.